The van der Waals surface area contributed by atoms with Gasteiger partial charge in [-0.15, -0.1) is 0 Å². The molecule has 2 unspecified atom stereocenters. The summed E-state index contributed by atoms with van der Waals surface area (Å²) in [5, 5.41) is 0. The van der Waals surface area contributed by atoms with Crippen LogP contribution in [0.15, 0.2) is 0 Å². The summed E-state index contributed by atoms with van der Waals surface area (Å²) in [7, 11) is 0. The average Bonchev–Trinajstić information content (AvgIpc) is 2.10. The minimum Gasteiger partial charge on any atom is -0.433 e. The molecule has 0 aliphatic heterocycles. The highest BCUT2D eigenvalue weighted by molar-refractivity contribution is 5.66. The predicted molar refractivity (Wildman–Crippen MR) is 63.0 cm³/mol. The molecule has 6 heteroatoms. The quantitative estimate of drug-likeness (QED) is 0.327. The highest BCUT2D eigenvalue weighted by atomic mass is 17.3. The van der Waals surface area contributed by atoms with Crippen LogP contribution in [0.4, 0.5) is 0 Å². The van der Waals surface area contributed by atoms with Gasteiger partial charge < -0.3 is 9.47 Å². The maximum atomic E-state index is 11.1. The van der Waals surface area contributed by atoms with Crippen LogP contribution < -0.4 is 0 Å². The lowest BCUT2D eigenvalue weighted by atomic mass is 9.86. The van der Waals surface area contributed by atoms with Crippen molar-refractivity contribution in [1.82, 2.24) is 0 Å². The summed E-state index contributed by atoms with van der Waals surface area (Å²) in [6.45, 7) is 11.1. The van der Waals surface area contributed by atoms with Crippen LogP contribution in [-0.4, -0.2) is 24.0 Å². The second-order valence-corrected chi connectivity index (χ2v) is 5.15. The molecule has 0 aliphatic carbocycles. The van der Waals surface area contributed by atoms with Crippen LogP contribution in [0.1, 0.15) is 48.5 Å². The molecule has 0 aromatic carbocycles. The minimum atomic E-state index is -1.28. The van der Waals surface area contributed by atoms with E-state index in [2.05, 4.69) is 0 Å². The summed E-state index contributed by atoms with van der Waals surface area (Å²) >= 11 is 0. The van der Waals surface area contributed by atoms with Crippen LogP contribution >= 0.6 is 0 Å². The van der Waals surface area contributed by atoms with Crippen LogP contribution in [0.3, 0.4) is 0 Å². The largest absolute Gasteiger partial charge is 0.433 e. The molecule has 0 spiro atoms. The van der Waals surface area contributed by atoms with Crippen molar-refractivity contribution in [3.63, 3.8) is 0 Å². The fraction of sp³-hybridized carbons (Fsp3) is 0.833. The van der Waals surface area contributed by atoms with Crippen molar-refractivity contribution < 1.29 is 28.8 Å². The Morgan fingerprint density at radius 1 is 1.00 bits per heavy atom. The van der Waals surface area contributed by atoms with Crippen molar-refractivity contribution >= 4 is 11.9 Å². The van der Waals surface area contributed by atoms with Gasteiger partial charge in [-0.05, 0) is 0 Å². The van der Waals surface area contributed by atoms with E-state index in [0.29, 0.717) is 0 Å². The van der Waals surface area contributed by atoms with Gasteiger partial charge in [0.05, 0.1) is 0 Å². The monoisotopic (exact) mass is 262 g/mol. The fourth-order valence-electron chi connectivity index (χ4n) is 0.982. The van der Waals surface area contributed by atoms with Crippen molar-refractivity contribution in [3.8, 4) is 0 Å². The molecule has 2 atom stereocenters. The normalized spacial score (nSPS) is 16.6. The van der Waals surface area contributed by atoms with Crippen molar-refractivity contribution in [3.05, 3.63) is 0 Å². The number of carbonyl (C=O) groups excluding carboxylic acids is 2. The lowest BCUT2D eigenvalue weighted by molar-refractivity contribution is -0.471. The highest BCUT2D eigenvalue weighted by Crippen LogP contribution is 2.35. The first-order valence-electron chi connectivity index (χ1n) is 5.69. The highest BCUT2D eigenvalue weighted by Gasteiger charge is 2.44. The summed E-state index contributed by atoms with van der Waals surface area (Å²) in [6.07, 6.45) is -0.889. The van der Waals surface area contributed by atoms with Gasteiger partial charge >= 0.3 is 11.9 Å². The lowest BCUT2D eigenvalue weighted by Gasteiger charge is -2.38. The molecule has 0 heterocycles. The molecule has 0 rings (SSSR count). The zero-order valence-corrected chi connectivity index (χ0v) is 12.0. The predicted octanol–water partition coefficient (Wildman–Crippen LogP) is 2.17. The van der Waals surface area contributed by atoms with Crippen LogP contribution in [0.5, 0.6) is 0 Å². The zero-order chi connectivity index (χ0) is 14.6. The van der Waals surface area contributed by atoms with Crippen LogP contribution in [-0.2, 0) is 28.8 Å². The van der Waals surface area contributed by atoms with Crippen LogP contribution in [0.2, 0.25) is 0 Å². The molecule has 0 fully saturated rings. The first-order valence-corrected chi connectivity index (χ1v) is 5.69. The standard InChI is InChI=1S/C12H22O6/c1-8(13)15-10(3)17-18-12(7,11(4,5)6)16-9(2)14/h10H,1-7H3. The molecular weight excluding hydrogens is 240 g/mol. The summed E-state index contributed by atoms with van der Waals surface area (Å²) in [6, 6.07) is 0. The molecule has 0 aromatic heterocycles. The van der Waals surface area contributed by atoms with E-state index in [1.165, 1.54) is 20.8 Å². The van der Waals surface area contributed by atoms with E-state index >= 15 is 0 Å². The van der Waals surface area contributed by atoms with Crippen molar-refractivity contribution in [2.45, 2.75) is 60.5 Å². The fourth-order valence-corrected chi connectivity index (χ4v) is 0.982. The summed E-state index contributed by atoms with van der Waals surface area (Å²) in [4.78, 5) is 31.9. The Labute approximate surface area is 107 Å². The molecule has 18 heavy (non-hydrogen) atoms. The molecule has 0 radical (unpaired) electrons. The van der Waals surface area contributed by atoms with Gasteiger partial charge in [0.2, 0.25) is 12.1 Å². The Hall–Kier alpha value is -1.14. The second kappa shape index (κ2) is 6.15. The SMILES string of the molecule is CC(=O)OC(C)OOC(C)(OC(C)=O)C(C)(C)C. The Morgan fingerprint density at radius 2 is 1.50 bits per heavy atom. The third-order valence-electron chi connectivity index (χ3n) is 2.38. The van der Waals surface area contributed by atoms with Crippen LogP contribution in [0, 0.1) is 5.41 Å². The van der Waals surface area contributed by atoms with Gasteiger partial charge in [0.15, 0.2) is 0 Å². The first-order chi connectivity index (χ1) is 7.98. The van der Waals surface area contributed by atoms with Crippen molar-refractivity contribution in [1.29, 1.82) is 0 Å². The maximum Gasteiger partial charge on any atom is 0.305 e. The third kappa shape index (κ3) is 5.46. The second-order valence-electron chi connectivity index (χ2n) is 5.15. The van der Waals surface area contributed by atoms with Gasteiger partial charge in [-0.2, -0.15) is 9.78 Å². The topological polar surface area (TPSA) is 71.1 Å². The summed E-state index contributed by atoms with van der Waals surface area (Å²) < 4.78 is 9.87. The Balaban J connectivity index is 4.62. The van der Waals surface area contributed by atoms with Crippen molar-refractivity contribution in [2.75, 3.05) is 0 Å². The van der Waals surface area contributed by atoms with E-state index in [4.69, 9.17) is 19.2 Å². The average molecular weight is 262 g/mol. The van der Waals surface area contributed by atoms with E-state index in [0.717, 1.165) is 0 Å². The smallest absolute Gasteiger partial charge is 0.305 e. The van der Waals surface area contributed by atoms with E-state index in [1.54, 1.807) is 6.92 Å². The lowest BCUT2D eigenvalue weighted by Crippen LogP contribution is -2.47. The molecule has 106 valence electrons. The molecule has 6 nitrogen and oxygen atoms in total. The van der Waals surface area contributed by atoms with E-state index in [-0.39, 0.29) is 0 Å². The Kier molecular flexibility index (Phi) is 5.76. The number of rotatable bonds is 5. The molecule has 0 aromatic rings. The van der Waals surface area contributed by atoms with Gasteiger partial charge in [-0.25, -0.2) is 0 Å². The molecule has 0 amide bonds. The number of carbonyl (C=O) groups is 2. The number of ether oxygens (including phenoxy) is 2. The number of esters is 2. The number of hydrogen-bond acceptors (Lipinski definition) is 6. The Morgan fingerprint density at radius 3 is 1.83 bits per heavy atom. The van der Waals surface area contributed by atoms with Gasteiger partial charge in [0, 0.05) is 33.1 Å². The first kappa shape index (κ1) is 16.9. The summed E-state index contributed by atoms with van der Waals surface area (Å²) in [5.74, 6) is -2.26. The van der Waals surface area contributed by atoms with Crippen LogP contribution in [0.25, 0.3) is 0 Å². The summed E-state index contributed by atoms with van der Waals surface area (Å²) in [5.41, 5.74) is -0.519. The molecule has 0 bridgehead atoms. The van der Waals surface area contributed by atoms with Gasteiger partial charge in [0.1, 0.15) is 0 Å². The minimum absolute atomic E-state index is 0.490. The molecule has 0 N–H and O–H groups in total. The number of hydrogen-bond donors (Lipinski definition) is 0. The van der Waals surface area contributed by atoms with Gasteiger partial charge in [-0.1, -0.05) is 20.8 Å². The van der Waals surface area contributed by atoms with Gasteiger partial charge in [-0.3, -0.25) is 9.59 Å². The van der Waals surface area contributed by atoms with Crippen molar-refractivity contribution in [2.24, 2.45) is 5.41 Å². The molecule has 0 saturated heterocycles. The van der Waals surface area contributed by atoms with E-state index < -0.39 is 29.4 Å². The zero-order valence-electron chi connectivity index (χ0n) is 12.0. The Bertz CT molecular complexity index is 306. The molecule has 0 saturated carbocycles. The molecular formula is C12H22O6. The van der Waals surface area contributed by atoms with E-state index in [1.807, 2.05) is 20.8 Å². The third-order valence-corrected chi connectivity index (χ3v) is 2.38. The maximum absolute atomic E-state index is 11.1. The van der Waals surface area contributed by atoms with E-state index in [9.17, 15) is 9.59 Å². The van der Waals surface area contributed by atoms with Gasteiger partial charge in [0.25, 0.3) is 0 Å². The molecule has 0 aliphatic rings.